The van der Waals surface area contributed by atoms with E-state index in [2.05, 4.69) is 9.88 Å². The molecule has 6 rings (SSSR count). The van der Waals surface area contributed by atoms with E-state index in [-0.39, 0.29) is 11.3 Å². The maximum atomic E-state index is 13.6. The zero-order valence-electron chi connectivity index (χ0n) is 23.6. The topological polar surface area (TPSA) is 96.6 Å². The Bertz CT molecular complexity index is 1620. The van der Waals surface area contributed by atoms with Crippen LogP contribution in [0.3, 0.4) is 0 Å². The maximum absolute atomic E-state index is 13.6. The van der Waals surface area contributed by atoms with Gasteiger partial charge in [-0.05, 0) is 48.7 Å². The molecule has 0 spiro atoms. The van der Waals surface area contributed by atoms with E-state index in [0.717, 1.165) is 25.2 Å². The second-order valence-electron chi connectivity index (χ2n) is 10.6. The number of aliphatic hydroxyl groups excluding tert-OH is 1. The van der Waals surface area contributed by atoms with Gasteiger partial charge in [0.1, 0.15) is 23.7 Å². The summed E-state index contributed by atoms with van der Waals surface area (Å²) in [4.78, 5) is 35.6. The van der Waals surface area contributed by atoms with Crippen LogP contribution in [0.15, 0.2) is 84.6 Å². The molecule has 2 aromatic heterocycles. The van der Waals surface area contributed by atoms with Gasteiger partial charge in [-0.25, -0.2) is 4.98 Å². The van der Waals surface area contributed by atoms with Crippen molar-refractivity contribution in [1.82, 2.24) is 19.2 Å². The molecular weight excluding hydrogens is 532 g/mol. The molecule has 216 valence electrons. The summed E-state index contributed by atoms with van der Waals surface area (Å²) < 4.78 is 13.3. The van der Waals surface area contributed by atoms with E-state index in [0.29, 0.717) is 61.1 Å². The van der Waals surface area contributed by atoms with E-state index in [9.17, 15) is 14.7 Å². The smallest absolute Gasteiger partial charge is 0.295 e. The first-order valence-electron chi connectivity index (χ1n) is 14.3. The molecule has 0 bridgehead atoms. The van der Waals surface area contributed by atoms with Crippen LogP contribution >= 0.6 is 0 Å². The van der Waals surface area contributed by atoms with Gasteiger partial charge in [0, 0.05) is 32.4 Å². The first-order chi connectivity index (χ1) is 20.5. The number of pyridine rings is 1. The fraction of sp³-hybridized carbons (Fsp3) is 0.303. The number of carbonyl (C=O) groups is 2. The first kappa shape index (κ1) is 27.7. The number of likely N-dealkylation sites (tertiary alicyclic amines) is 1. The number of aliphatic hydroxyl groups is 1. The number of Topliss-reactive ketones (excluding diaryl/α,β-unsaturated/α-hetero) is 1. The lowest BCUT2D eigenvalue weighted by molar-refractivity contribution is -0.140. The highest BCUT2D eigenvalue weighted by Gasteiger charge is 2.46. The molecule has 1 amide bonds. The molecule has 0 saturated carbocycles. The molecule has 9 heteroatoms. The second kappa shape index (κ2) is 12.2. The zero-order chi connectivity index (χ0) is 29.1. The Morgan fingerprint density at radius 2 is 1.79 bits per heavy atom. The molecule has 2 aliphatic heterocycles. The van der Waals surface area contributed by atoms with Gasteiger partial charge in [-0.3, -0.25) is 18.9 Å². The van der Waals surface area contributed by atoms with Gasteiger partial charge < -0.3 is 19.5 Å². The molecule has 2 aromatic carbocycles. The van der Waals surface area contributed by atoms with Crippen LogP contribution < -0.4 is 4.74 Å². The number of fused-ring (bicyclic) bond motifs is 1. The lowest BCUT2D eigenvalue weighted by atomic mass is 9.96. The molecule has 0 radical (unpaired) electrons. The minimum absolute atomic E-state index is 0.0559. The number of carbonyl (C=O) groups excluding carboxylic acids is 2. The Kier molecular flexibility index (Phi) is 8.03. The van der Waals surface area contributed by atoms with Crippen LogP contribution in [0, 0.1) is 6.92 Å². The van der Waals surface area contributed by atoms with Crippen LogP contribution in [0.5, 0.6) is 5.75 Å². The predicted molar refractivity (Wildman–Crippen MR) is 158 cm³/mol. The van der Waals surface area contributed by atoms with Gasteiger partial charge in [0.05, 0.1) is 30.5 Å². The van der Waals surface area contributed by atoms with Gasteiger partial charge in [-0.1, -0.05) is 48.5 Å². The number of hydrogen-bond acceptors (Lipinski definition) is 7. The van der Waals surface area contributed by atoms with Crippen molar-refractivity contribution in [2.45, 2.75) is 26.0 Å². The second-order valence-corrected chi connectivity index (χ2v) is 10.6. The van der Waals surface area contributed by atoms with Gasteiger partial charge in [0.2, 0.25) is 0 Å². The molecule has 0 aliphatic carbocycles. The number of ketones is 1. The molecule has 4 heterocycles. The van der Waals surface area contributed by atoms with Gasteiger partial charge in [-0.15, -0.1) is 0 Å². The number of rotatable bonds is 9. The number of aryl methyl sites for hydroxylation is 1. The summed E-state index contributed by atoms with van der Waals surface area (Å²) in [6, 6.07) is 22.0. The fourth-order valence-corrected chi connectivity index (χ4v) is 5.79. The summed E-state index contributed by atoms with van der Waals surface area (Å²) in [6.07, 6.45) is 2.47. The Morgan fingerprint density at radius 1 is 1.00 bits per heavy atom. The summed E-state index contributed by atoms with van der Waals surface area (Å²) in [5, 5.41) is 11.7. The lowest BCUT2D eigenvalue weighted by Crippen LogP contribution is -2.38. The highest BCUT2D eigenvalue weighted by Crippen LogP contribution is 2.41. The van der Waals surface area contributed by atoms with Gasteiger partial charge in [0.25, 0.3) is 11.7 Å². The molecular formula is C33H34N4O5. The largest absolute Gasteiger partial charge is 0.505 e. The first-order valence-corrected chi connectivity index (χ1v) is 14.3. The summed E-state index contributed by atoms with van der Waals surface area (Å²) in [5.74, 6) is -0.947. The number of nitrogens with zero attached hydrogens (tertiary/aromatic N) is 4. The predicted octanol–water partition coefficient (Wildman–Crippen LogP) is 4.37. The molecule has 2 saturated heterocycles. The number of morpholine rings is 1. The van der Waals surface area contributed by atoms with Crippen LogP contribution in [-0.4, -0.2) is 75.4 Å². The van der Waals surface area contributed by atoms with E-state index in [1.165, 1.54) is 0 Å². The van der Waals surface area contributed by atoms with Crippen molar-refractivity contribution in [3.8, 4) is 5.75 Å². The Hall–Kier alpha value is -4.47. The van der Waals surface area contributed by atoms with Gasteiger partial charge in [0.15, 0.2) is 5.76 Å². The Morgan fingerprint density at radius 3 is 2.60 bits per heavy atom. The monoisotopic (exact) mass is 566 g/mol. The third-order valence-electron chi connectivity index (χ3n) is 7.87. The summed E-state index contributed by atoms with van der Waals surface area (Å²) in [5.41, 5.74) is 3.39. The molecule has 1 N–H and O–H groups in total. The summed E-state index contributed by atoms with van der Waals surface area (Å²) in [7, 11) is 0. The quantitative estimate of drug-likeness (QED) is 0.183. The van der Waals surface area contributed by atoms with Gasteiger partial charge in [-0.2, -0.15) is 0 Å². The van der Waals surface area contributed by atoms with E-state index in [4.69, 9.17) is 9.47 Å². The fourth-order valence-electron chi connectivity index (χ4n) is 5.79. The van der Waals surface area contributed by atoms with E-state index in [1.807, 2.05) is 72.8 Å². The molecule has 2 aliphatic rings. The SMILES string of the molecule is Cc1nc2ccccn2c1/C(O)=C1\C(=O)C(=O)N(CCCN2CCOCC2)C1c1cccc(OCc2ccccc2)c1. The van der Waals surface area contributed by atoms with Gasteiger partial charge >= 0.3 is 0 Å². The van der Waals surface area contributed by atoms with Crippen molar-refractivity contribution in [3.05, 3.63) is 107 Å². The molecule has 42 heavy (non-hydrogen) atoms. The highest BCUT2D eigenvalue weighted by atomic mass is 16.5. The molecule has 2 fully saturated rings. The standard InChI is InChI=1S/C33H34N4O5/c1-23-29(36-15-6-5-13-27(36)34-23)31(38)28-30(25-11-7-12-26(21-25)42-22-24-9-3-2-4-10-24)37(33(40)32(28)39)16-8-14-35-17-19-41-20-18-35/h2-7,9-13,15,21,30,38H,8,14,16-20,22H2,1H3/b31-28+. The lowest BCUT2D eigenvalue weighted by Gasteiger charge is -2.29. The van der Waals surface area contributed by atoms with Crippen molar-refractivity contribution in [2.24, 2.45) is 0 Å². The van der Waals surface area contributed by atoms with Crippen LogP contribution in [-0.2, 0) is 20.9 Å². The third-order valence-corrected chi connectivity index (χ3v) is 7.87. The van der Waals surface area contributed by atoms with E-state index < -0.39 is 17.7 Å². The minimum atomic E-state index is -0.774. The average molecular weight is 567 g/mol. The Labute approximate surface area is 244 Å². The molecule has 1 unspecified atom stereocenters. The minimum Gasteiger partial charge on any atom is -0.505 e. The number of hydrogen-bond donors (Lipinski definition) is 1. The van der Waals surface area contributed by atoms with Crippen LogP contribution in [0.25, 0.3) is 11.4 Å². The van der Waals surface area contributed by atoms with E-state index >= 15 is 0 Å². The van der Waals surface area contributed by atoms with Crippen molar-refractivity contribution >= 4 is 23.1 Å². The number of amides is 1. The maximum Gasteiger partial charge on any atom is 0.295 e. The van der Waals surface area contributed by atoms with Crippen molar-refractivity contribution < 1.29 is 24.2 Å². The van der Waals surface area contributed by atoms with Crippen molar-refractivity contribution in [2.75, 3.05) is 39.4 Å². The summed E-state index contributed by atoms with van der Waals surface area (Å²) >= 11 is 0. The number of imidazole rings is 1. The average Bonchev–Trinajstić information content (AvgIpc) is 3.49. The van der Waals surface area contributed by atoms with Crippen LogP contribution in [0.4, 0.5) is 0 Å². The summed E-state index contributed by atoms with van der Waals surface area (Å²) in [6.45, 7) is 6.39. The Balaban J connectivity index is 1.37. The molecule has 9 nitrogen and oxygen atoms in total. The third kappa shape index (κ3) is 5.53. The van der Waals surface area contributed by atoms with Crippen LogP contribution in [0.2, 0.25) is 0 Å². The number of benzene rings is 2. The van der Waals surface area contributed by atoms with Crippen molar-refractivity contribution in [1.29, 1.82) is 0 Å². The number of aromatic nitrogens is 2. The molecule has 1 atom stereocenters. The zero-order valence-corrected chi connectivity index (χ0v) is 23.6. The van der Waals surface area contributed by atoms with E-state index in [1.54, 1.807) is 22.4 Å². The van der Waals surface area contributed by atoms with Crippen molar-refractivity contribution in [3.63, 3.8) is 0 Å². The number of ether oxygens (including phenoxy) is 2. The highest BCUT2D eigenvalue weighted by molar-refractivity contribution is 6.46. The normalized spacial score (nSPS) is 19.1. The van der Waals surface area contributed by atoms with Crippen LogP contribution in [0.1, 0.15) is 35.0 Å². The molecule has 4 aromatic rings.